The number of hydrogen-bond acceptors (Lipinski definition) is 6. The van der Waals surface area contributed by atoms with Crippen LogP contribution in [-0.2, 0) is 10.0 Å². The lowest BCUT2D eigenvalue weighted by Gasteiger charge is -2.10. The van der Waals surface area contributed by atoms with Crippen LogP contribution in [0.2, 0.25) is 0 Å². The standard InChI is InChI=1S/C24H24N2O5S/c1-29-21-14-15-23(30-2)24(17-21)32(27,28)26-25-18-20-12-6-7-13-22(20)31-16-8-11-19-9-4-3-5-10-19/h3-15,17-18,26H,16H2,1-2H3/b11-8+,25-18+. The van der Waals surface area contributed by atoms with Crippen molar-refractivity contribution in [2.24, 2.45) is 5.10 Å². The third-order valence-corrected chi connectivity index (χ3v) is 5.64. The summed E-state index contributed by atoms with van der Waals surface area (Å²) in [5, 5.41) is 3.90. The Morgan fingerprint density at radius 2 is 1.66 bits per heavy atom. The molecule has 0 fully saturated rings. The molecule has 0 saturated heterocycles. The van der Waals surface area contributed by atoms with Crippen LogP contribution in [0.1, 0.15) is 11.1 Å². The van der Waals surface area contributed by atoms with Gasteiger partial charge in [0, 0.05) is 11.6 Å². The van der Waals surface area contributed by atoms with Gasteiger partial charge < -0.3 is 14.2 Å². The summed E-state index contributed by atoms with van der Waals surface area (Å²) in [5.74, 6) is 1.15. The number of para-hydroxylation sites is 1. The Morgan fingerprint density at radius 1 is 0.906 bits per heavy atom. The molecule has 0 heterocycles. The summed E-state index contributed by atoms with van der Waals surface area (Å²) in [6.45, 7) is 0.354. The van der Waals surface area contributed by atoms with Gasteiger partial charge in [-0.2, -0.15) is 18.4 Å². The van der Waals surface area contributed by atoms with Crippen molar-refractivity contribution in [2.45, 2.75) is 4.90 Å². The molecule has 0 atom stereocenters. The molecule has 0 radical (unpaired) electrons. The highest BCUT2D eigenvalue weighted by Crippen LogP contribution is 2.28. The van der Waals surface area contributed by atoms with Crippen LogP contribution in [0.3, 0.4) is 0 Å². The summed E-state index contributed by atoms with van der Waals surface area (Å²) in [5.41, 5.74) is 1.70. The maximum absolute atomic E-state index is 12.7. The molecule has 0 aromatic heterocycles. The lowest BCUT2D eigenvalue weighted by Crippen LogP contribution is -2.19. The minimum absolute atomic E-state index is 0.0768. The number of nitrogens with one attached hydrogen (secondary N) is 1. The molecular weight excluding hydrogens is 428 g/mol. The van der Waals surface area contributed by atoms with Crippen LogP contribution in [0.25, 0.3) is 6.08 Å². The molecule has 8 heteroatoms. The molecule has 0 spiro atoms. The third-order valence-electron chi connectivity index (χ3n) is 4.40. The SMILES string of the molecule is COc1ccc(OC)c(S(=O)(=O)N/N=C/c2ccccc2OC/C=C/c2ccccc2)c1. The van der Waals surface area contributed by atoms with Gasteiger partial charge in [-0.05, 0) is 35.9 Å². The number of hydrazone groups is 1. The van der Waals surface area contributed by atoms with Crippen LogP contribution in [0.5, 0.6) is 17.2 Å². The Labute approximate surface area is 188 Å². The second-order valence-corrected chi connectivity index (χ2v) is 8.16. The molecule has 0 aliphatic heterocycles. The van der Waals surface area contributed by atoms with Crippen molar-refractivity contribution >= 4 is 22.3 Å². The van der Waals surface area contributed by atoms with Crippen LogP contribution >= 0.6 is 0 Å². The highest BCUT2D eigenvalue weighted by molar-refractivity contribution is 7.89. The van der Waals surface area contributed by atoms with E-state index in [1.165, 1.54) is 32.6 Å². The molecule has 0 bridgehead atoms. The minimum atomic E-state index is -3.98. The fraction of sp³-hybridized carbons (Fsp3) is 0.125. The molecule has 0 unspecified atom stereocenters. The number of ether oxygens (including phenoxy) is 3. The number of rotatable bonds is 10. The van der Waals surface area contributed by atoms with Crippen LogP contribution in [0.15, 0.2) is 88.9 Å². The maximum atomic E-state index is 12.7. The van der Waals surface area contributed by atoms with Gasteiger partial charge in [-0.25, -0.2) is 0 Å². The predicted molar refractivity (Wildman–Crippen MR) is 125 cm³/mol. The molecule has 3 aromatic carbocycles. The van der Waals surface area contributed by atoms with Gasteiger partial charge in [-0.3, -0.25) is 0 Å². The third kappa shape index (κ3) is 6.12. The highest BCUT2D eigenvalue weighted by Gasteiger charge is 2.20. The van der Waals surface area contributed by atoms with Gasteiger partial charge in [0.25, 0.3) is 10.0 Å². The molecule has 166 valence electrons. The molecular formula is C24H24N2O5S. The molecule has 32 heavy (non-hydrogen) atoms. The van der Waals surface area contributed by atoms with Crippen LogP contribution in [-0.4, -0.2) is 35.5 Å². The number of methoxy groups -OCH3 is 2. The second-order valence-electron chi connectivity index (χ2n) is 6.53. The van der Waals surface area contributed by atoms with Gasteiger partial charge in [0.1, 0.15) is 28.8 Å². The lowest BCUT2D eigenvalue weighted by atomic mass is 10.2. The van der Waals surface area contributed by atoms with E-state index in [0.29, 0.717) is 23.7 Å². The van der Waals surface area contributed by atoms with Crippen molar-refractivity contribution in [3.8, 4) is 17.2 Å². The smallest absolute Gasteiger partial charge is 0.280 e. The number of hydrogen-bond donors (Lipinski definition) is 1. The maximum Gasteiger partial charge on any atom is 0.280 e. The van der Waals surface area contributed by atoms with Crippen molar-refractivity contribution in [1.82, 2.24) is 4.83 Å². The molecule has 3 rings (SSSR count). The van der Waals surface area contributed by atoms with Crippen LogP contribution < -0.4 is 19.0 Å². The largest absolute Gasteiger partial charge is 0.497 e. The first kappa shape index (κ1) is 22.9. The zero-order valence-electron chi connectivity index (χ0n) is 17.8. The summed E-state index contributed by atoms with van der Waals surface area (Å²) in [7, 11) is -1.13. The Hall–Kier alpha value is -3.78. The Bertz CT molecular complexity index is 1190. The van der Waals surface area contributed by atoms with Crippen molar-refractivity contribution in [1.29, 1.82) is 0 Å². The molecule has 0 amide bonds. The average molecular weight is 453 g/mol. The van der Waals surface area contributed by atoms with Gasteiger partial charge in [-0.1, -0.05) is 48.5 Å². The van der Waals surface area contributed by atoms with Gasteiger partial charge in [0.2, 0.25) is 0 Å². The molecule has 1 N–H and O–H groups in total. The van der Waals surface area contributed by atoms with Crippen molar-refractivity contribution in [3.05, 3.63) is 90.0 Å². The van der Waals surface area contributed by atoms with E-state index in [0.717, 1.165) is 5.56 Å². The van der Waals surface area contributed by atoms with E-state index in [1.54, 1.807) is 18.2 Å². The first-order valence-corrected chi connectivity index (χ1v) is 11.2. The first-order chi connectivity index (χ1) is 15.5. The predicted octanol–water partition coefficient (Wildman–Crippen LogP) is 4.11. The quantitative estimate of drug-likeness (QED) is 0.370. The first-order valence-electron chi connectivity index (χ1n) is 9.74. The fourth-order valence-corrected chi connectivity index (χ4v) is 3.79. The van der Waals surface area contributed by atoms with E-state index in [-0.39, 0.29) is 10.6 Å². The van der Waals surface area contributed by atoms with Crippen LogP contribution in [0, 0.1) is 0 Å². The molecule has 3 aromatic rings. The van der Waals surface area contributed by atoms with E-state index >= 15 is 0 Å². The Balaban J connectivity index is 1.69. The zero-order valence-corrected chi connectivity index (χ0v) is 18.6. The molecule has 0 aliphatic rings. The number of benzene rings is 3. The van der Waals surface area contributed by atoms with Crippen molar-refractivity contribution in [3.63, 3.8) is 0 Å². The molecule has 0 aliphatic carbocycles. The normalized spacial score (nSPS) is 11.6. The molecule has 7 nitrogen and oxygen atoms in total. The lowest BCUT2D eigenvalue weighted by molar-refractivity contribution is 0.363. The second kappa shape index (κ2) is 11.0. The highest BCUT2D eigenvalue weighted by atomic mass is 32.2. The Morgan fingerprint density at radius 3 is 2.41 bits per heavy atom. The summed E-state index contributed by atoms with van der Waals surface area (Å²) in [6, 6.07) is 21.6. The van der Waals surface area contributed by atoms with E-state index < -0.39 is 10.0 Å². The van der Waals surface area contributed by atoms with Gasteiger partial charge in [0.05, 0.1) is 20.4 Å². The molecule has 0 saturated carbocycles. The number of nitrogens with zero attached hydrogens (tertiary/aromatic N) is 1. The zero-order chi connectivity index (χ0) is 22.8. The van der Waals surface area contributed by atoms with E-state index in [1.807, 2.05) is 54.6 Å². The van der Waals surface area contributed by atoms with Gasteiger partial charge in [0.15, 0.2) is 0 Å². The van der Waals surface area contributed by atoms with Crippen LogP contribution in [0.4, 0.5) is 0 Å². The van der Waals surface area contributed by atoms with Gasteiger partial charge >= 0.3 is 0 Å². The topological polar surface area (TPSA) is 86.2 Å². The number of sulfonamides is 1. The Kier molecular flexibility index (Phi) is 7.88. The van der Waals surface area contributed by atoms with E-state index in [4.69, 9.17) is 14.2 Å². The summed E-state index contributed by atoms with van der Waals surface area (Å²) >= 11 is 0. The van der Waals surface area contributed by atoms with Crippen molar-refractivity contribution in [2.75, 3.05) is 20.8 Å². The minimum Gasteiger partial charge on any atom is -0.497 e. The fourth-order valence-electron chi connectivity index (χ4n) is 2.81. The average Bonchev–Trinajstić information content (AvgIpc) is 2.82. The van der Waals surface area contributed by atoms with E-state index in [9.17, 15) is 8.42 Å². The summed E-state index contributed by atoms with van der Waals surface area (Å²) in [4.78, 5) is 2.13. The van der Waals surface area contributed by atoms with Crippen molar-refractivity contribution < 1.29 is 22.6 Å². The van der Waals surface area contributed by atoms with E-state index in [2.05, 4.69) is 9.93 Å². The monoisotopic (exact) mass is 452 g/mol. The van der Waals surface area contributed by atoms with Gasteiger partial charge in [-0.15, -0.1) is 0 Å². The summed E-state index contributed by atoms with van der Waals surface area (Å²) in [6.07, 6.45) is 5.26. The summed E-state index contributed by atoms with van der Waals surface area (Å²) < 4.78 is 41.5.